The minimum atomic E-state index is -0.190. The van der Waals surface area contributed by atoms with Gasteiger partial charge in [-0.25, -0.2) is 0 Å². The molecule has 3 nitrogen and oxygen atoms in total. The number of aliphatic hydroxyl groups is 2. The molecule has 0 aromatic rings. The van der Waals surface area contributed by atoms with Crippen LogP contribution in [0.15, 0.2) is 0 Å². The van der Waals surface area contributed by atoms with Crippen LogP contribution in [-0.2, 0) is 4.74 Å². The van der Waals surface area contributed by atoms with Crippen molar-refractivity contribution >= 4 is 0 Å². The molecule has 0 aliphatic rings. The van der Waals surface area contributed by atoms with Crippen molar-refractivity contribution in [3.63, 3.8) is 0 Å². The number of ether oxygens (including phenoxy) is 1. The maximum Gasteiger partial charge on any atom is 0.0541 e. The van der Waals surface area contributed by atoms with Crippen LogP contribution >= 0.6 is 0 Å². The normalized spacial score (nSPS) is 16.7. The Morgan fingerprint density at radius 1 is 1.00 bits per heavy atom. The van der Waals surface area contributed by atoms with Crippen LogP contribution in [-0.4, -0.2) is 36.6 Å². The molecule has 0 radical (unpaired) electrons. The van der Waals surface area contributed by atoms with Gasteiger partial charge in [0, 0.05) is 10.8 Å². The van der Waals surface area contributed by atoms with Crippen molar-refractivity contribution in [2.45, 2.75) is 34.1 Å². The van der Waals surface area contributed by atoms with Crippen LogP contribution in [0.25, 0.3) is 0 Å². The van der Waals surface area contributed by atoms with Gasteiger partial charge in [0.15, 0.2) is 0 Å². The van der Waals surface area contributed by atoms with E-state index in [1.807, 2.05) is 27.7 Å². The van der Waals surface area contributed by atoms with Crippen LogP contribution in [0.4, 0.5) is 0 Å². The molecule has 3 heteroatoms. The lowest BCUT2D eigenvalue weighted by Gasteiger charge is -2.28. The van der Waals surface area contributed by atoms with Gasteiger partial charge < -0.3 is 14.9 Å². The lowest BCUT2D eigenvalue weighted by Crippen LogP contribution is -2.31. The van der Waals surface area contributed by atoms with E-state index in [1.165, 1.54) is 0 Å². The van der Waals surface area contributed by atoms with Crippen LogP contribution in [0.3, 0.4) is 0 Å². The highest BCUT2D eigenvalue weighted by atomic mass is 16.5. The monoisotopic (exact) mass is 204 g/mol. The Morgan fingerprint density at radius 3 is 1.93 bits per heavy atom. The summed E-state index contributed by atoms with van der Waals surface area (Å²) in [5.74, 6) is 0. The highest BCUT2D eigenvalue weighted by molar-refractivity contribution is 4.72. The molecule has 0 aliphatic carbocycles. The van der Waals surface area contributed by atoms with E-state index in [0.717, 1.165) is 6.42 Å². The lowest BCUT2D eigenvalue weighted by atomic mass is 9.89. The van der Waals surface area contributed by atoms with Crippen molar-refractivity contribution < 1.29 is 14.9 Å². The van der Waals surface area contributed by atoms with Crippen molar-refractivity contribution in [3.8, 4) is 0 Å². The second-order valence-electron chi connectivity index (χ2n) is 5.14. The summed E-state index contributed by atoms with van der Waals surface area (Å²) < 4.78 is 5.52. The summed E-state index contributed by atoms with van der Waals surface area (Å²) in [6, 6.07) is 0. The number of rotatable bonds is 7. The van der Waals surface area contributed by atoms with Crippen molar-refractivity contribution in [3.05, 3.63) is 0 Å². The predicted molar refractivity (Wildman–Crippen MR) is 57.2 cm³/mol. The van der Waals surface area contributed by atoms with Gasteiger partial charge in [0.1, 0.15) is 0 Å². The molecule has 0 saturated carbocycles. The first-order chi connectivity index (χ1) is 6.39. The third-order valence-corrected chi connectivity index (χ3v) is 2.61. The van der Waals surface area contributed by atoms with E-state index in [2.05, 4.69) is 0 Å². The summed E-state index contributed by atoms with van der Waals surface area (Å²) >= 11 is 0. The third kappa shape index (κ3) is 4.94. The first-order valence-electron chi connectivity index (χ1n) is 5.18. The van der Waals surface area contributed by atoms with Crippen LogP contribution in [0.2, 0.25) is 0 Å². The van der Waals surface area contributed by atoms with Gasteiger partial charge in [-0.05, 0) is 6.42 Å². The molecular weight excluding hydrogens is 180 g/mol. The summed E-state index contributed by atoms with van der Waals surface area (Å²) in [5.41, 5.74) is -0.338. The van der Waals surface area contributed by atoms with Crippen molar-refractivity contribution in [2.75, 3.05) is 26.4 Å². The Labute approximate surface area is 87.1 Å². The van der Waals surface area contributed by atoms with E-state index in [4.69, 9.17) is 14.9 Å². The smallest absolute Gasteiger partial charge is 0.0541 e. The summed E-state index contributed by atoms with van der Waals surface area (Å²) in [7, 11) is 0. The maximum atomic E-state index is 9.14. The molecule has 1 unspecified atom stereocenters. The van der Waals surface area contributed by atoms with Crippen LogP contribution in [0.5, 0.6) is 0 Å². The minimum Gasteiger partial charge on any atom is -0.396 e. The largest absolute Gasteiger partial charge is 0.396 e. The molecule has 14 heavy (non-hydrogen) atoms. The Bertz CT molecular complexity index is 151. The van der Waals surface area contributed by atoms with E-state index in [-0.39, 0.29) is 24.0 Å². The summed E-state index contributed by atoms with van der Waals surface area (Å²) in [6.45, 7) is 9.28. The average Bonchev–Trinajstić information content (AvgIpc) is 2.17. The van der Waals surface area contributed by atoms with Crippen molar-refractivity contribution in [1.82, 2.24) is 0 Å². The number of aliphatic hydroxyl groups excluding tert-OH is 2. The minimum absolute atomic E-state index is 0.120. The van der Waals surface area contributed by atoms with Crippen molar-refractivity contribution in [2.24, 2.45) is 10.8 Å². The van der Waals surface area contributed by atoms with Gasteiger partial charge in [-0.3, -0.25) is 0 Å². The first-order valence-corrected chi connectivity index (χ1v) is 5.18. The number of hydrogen-bond acceptors (Lipinski definition) is 3. The van der Waals surface area contributed by atoms with E-state index in [9.17, 15) is 0 Å². The SMILES string of the molecule is CCC(C)(CO)COCC(C)(C)CO. The van der Waals surface area contributed by atoms with Crippen LogP contribution in [0.1, 0.15) is 34.1 Å². The predicted octanol–water partition coefficient (Wildman–Crippen LogP) is 1.43. The summed E-state index contributed by atoms with van der Waals surface area (Å²) in [6.07, 6.45) is 0.892. The Morgan fingerprint density at radius 2 is 1.57 bits per heavy atom. The van der Waals surface area contributed by atoms with Gasteiger partial charge in [-0.2, -0.15) is 0 Å². The highest BCUT2D eigenvalue weighted by Gasteiger charge is 2.23. The van der Waals surface area contributed by atoms with E-state index >= 15 is 0 Å². The summed E-state index contributed by atoms with van der Waals surface area (Å²) in [5, 5.41) is 18.2. The zero-order valence-corrected chi connectivity index (χ0v) is 9.84. The molecule has 0 amide bonds. The topological polar surface area (TPSA) is 49.7 Å². The van der Waals surface area contributed by atoms with Gasteiger partial charge >= 0.3 is 0 Å². The zero-order chi connectivity index (χ0) is 11.2. The molecule has 86 valence electrons. The molecule has 0 bridgehead atoms. The third-order valence-electron chi connectivity index (χ3n) is 2.61. The van der Waals surface area contributed by atoms with E-state index in [0.29, 0.717) is 13.2 Å². The van der Waals surface area contributed by atoms with Crippen LogP contribution in [0, 0.1) is 10.8 Å². The lowest BCUT2D eigenvalue weighted by molar-refractivity contribution is -0.0283. The standard InChI is InChI=1S/C11H24O3/c1-5-11(4,7-13)9-14-8-10(2,3)6-12/h12-13H,5-9H2,1-4H3. The molecule has 0 aromatic heterocycles. The average molecular weight is 204 g/mol. The van der Waals surface area contributed by atoms with Crippen molar-refractivity contribution in [1.29, 1.82) is 0 Å². The molecule has 0 aliphatic heterocycles. The van der Waals surface area contributed by atoms with E-state index < -0.39 is 0 Å². The Kier molecular flexibility index (Phi) is 5.64. The molecule has 0 heterocycles. The van der Waals surface area contributed by atoms with Gasteiger partial charge in [0.25, 0.3) is 0 Å². The molecule has 2 N–H and O–H groups in total. The molecular formula is C11H24O3. The number of hydrogen-bond donors (Lipinski definition) is 2. The zero-order valence-electron chi connectivity index (χ0n) is 9.84. The maximum absolute atomic E-state index is 9.14. The molecule has 0 aromatic carbocycles. The fourth-order valence-corrected chi connectivity index (χ4v) is 0.879. The molecule has 0 saturated heterocycles. The fourth-order valence-electron chi connectivity index (χ4n) is 0.879. The van der Waals surface area contributed by atoms with Gasteiger partial charge in [-0.1, -0.05) is 27.7 Å². The van der Waals surface area contributed by atoms with Crippen LogP contribution < -0.4 is 0 Å². The Hall–Kier alpha value is -0.120. The second-order valence-corrected chi connectivity index (χ2v) is 5.14. The molecule has 1 atom stereocenters. The van der Waals surface area contributed by atoms with Gasteiger partial charge in [0.05, 0.1) is 26.4 Å². The fraction of sp³-hybridized carbons (Fsp3) is 1.00. The highest BCUT2D eigenvalue weighted by Crippen LogP contribution is 2.22. The molecule has 0 spiro atoms. The Balaban J connectivity index is 3.83. The second kappa shape index (κ2) is 5.69. The molecule has 0 fully saturated rings. The van der Waals surface area contributed by atoms with Gasteiger partial charge in [-0.15, -0.1) is 0 Å². The summed E-state index contributed by atoms with van der Waals surface area (Å²) in [4.78, 5) is 0. The first kappa shape index (κ1) is 13.9. The van der Waals surface area contributed by atoms with Gasteiger partial charge in [0.2, 0.25) is 0 Å². The molecule has 0 rings (SSSR count). The van der Waals surface area contributed by atoms with E-state index in [1.54, 1.807) is 0 Å². The quantitative estimate of drug-likeness (QED) is 0.659.